The molecule has 0 unspecified atom stereocenters. The van der Waals surface area contributed by atoms with Gasteiger partial charge in [-0.05, 0) is 30.9 Å². The highest BCUT2D eigenvalue weighted by atomic mass is 79.9. The molecular weight excluding hydrogens is 281 g/mol. The third-order valence-corrected chi connectivity index (χ3v) is 3.65. The highest BCUT2D eigenvalue weighted by Gasteiger charge is 2.31. The van der Waals surface area contributed by atoms with Crippen LogP contribution in [0.15, 0.2) is 18.2 Å². The zero-order valence-corrected chi connectivity index (χ0v) is 12.0. The molecule has 0 aliphatic heterocycles. The van der Waals surface area contributed by atoms with Gasteiger partial charge in [-0.25, -0.2) is 4.39 Å². The summed E-state index contributed by atoms with van der Waals surface area (Å²) in [6, 6.07) is 6.02. The summed E-state index contributed by atoms with van der Waals surface area (Å²) in [5.74, 6) is 0.496. The van der Waals surface area contributed by atoms with Crippen LogP contribution in [0.2, 0.25) is 0 Å². The first-order valence-corrected chi connectivity index (χ1v) is 7.35. The van der Waals surface area contributed by atoms with E-state index in [1.165, 1.54) is 12.8 Å². The van der Waals surface area contributed by atoms with Crippen molar-refractivity contribution in [2.75, 3.05) is 11.4 Å². The SMILES string of the molecule is CC(C)CN(c1cccc(F)c1CBr)C1CC1. The predicted molar refractivity (Wildman–Crippen MR) is 74.2 cm³/mol. The van der Waals surface area contributed by atoms with Gasteiger partial charge in [0.1, 0.15) is 5.82 Å². The van der Waals surface area contributed by atoms with E-state index >= 15 is 0 Å². The van der Waals surface area contributed by atoms with Gasteiger partial charge in [0.05, 0.1) is 0 Å². The van der Waals surface area contributed by atoms with Crippen molar-refractivity contribution in [2.24, 2.45) is 5.92 Å². The molecule has 17 heavy (non-hydrogen) atoms. The number of nitrogens with zero attached hydrogens (tertiary/aromatic N) is 1. The molecule has 1 aliphatic carbocycles. The smallest absolute Gasteiger partial charge is 0.129 e. The van der Waals surface area contributed by atoms with Gasteiger partial charge >= 0.3 is 0 Å². The molecule has 0 amide bonds. The molecule has 1 saturated carbocycles. The van der Waals surface area contributed by atoms with E-state index in [0.29, 0.717) is 17.3 Å². The van der Waals surface area contributed by atoms with Crippen molar-refractivity contribution in [3.8, 4) is 0 Å². The molecule has 0 heterocycles. The Kier molecular flexibility index (Phi) is 4.08. The average Bonchev–Trinajstić information content (AvgIpc) is 3.09. The van der Waals surface area contributed by atoms with E-state index < -0.39 is 0 Å². The van der Waals surface area contributed by atoms with Crippen LogP contribution in [0.3, 0.4) is 0 Å². The molecule has 2 rings (SSSR count). The van der Waals surface area contributed by atoms with Crippen molar-refractivity contribution in [2.45, 2.75) is 38.1 Å². The standard InChI is InChI=1S/C14H19BrFN/c1-10(2)9-17(11-6-7-11)14-5-3-4-13(16)12(14)8-15/h3-5,10-11H,6-9H2,1-2H3. The molecule has 0 radical (unpaired) electrons. The summed E-state index contributed by atoms with van der Waals surface area (Å²) in [5, 5.41) is 0.580. The van der Waals surface area contributed by atoms with E-state index in [2.05, 4.69) is 34.7 Å². The largest absolute Gasteiger partial charge is 0.368 e. The lowest BCUT2D eigenvalue weighted by Crippen LogP contribution is -2.30. The number of rotatable bonds is 5. The number of anilines is 1. The molecule has 1 nitrogen and oxygen atoms in total. The van der Waals surface area contributed by atoms with Crippen molar-refractivity contribution in [3.63, 3.8) is 0 Å². The third-order valence-electron chi connectivity index (χ3n) is 3.09. The molecule has 1 aromatic rings. The molecule has 3 heteroatoms. The number of hydrogen-bond acceptors (Lipinski definition) is 1. The lowest BCUT2D eigenvalue weighted by Gasteiger charge is -2.28. The molecule has 94 valence electrons. The molecule has 0 N–H and O–H groups in total. The van der Waals surface area contributed by atoms with Crippen molar-refractivity contribution in [1.29, 1.82) is 0 Å². The summed E-state index contributed by atoms with van der Waals surface area (Å²) in [6.45, 7) is 5.43. The van der Waals surface area contributed by atoms with Crippen molar-refractivity contribution >= 4 is 21.6 Å². The minimum absolute atomic E-state index is 0.103. The fourth-order valence-electron chi connectivity index (χ4n) is 2.17. The summed E-state index contributed by atoms with van der Waals surface area (Å²) in [6.07, 6.45) is 2.48. The molecule has 0 aromatic heterocycles. The molecular formula is C14H19BrFN. The first-order valence-electron chi connectivity index (χ1n) is 6.23. The number of hydrogen-bond donors (Lipinski definition) is 0. The minimum atomic E-state index is -0.103. The van der Waals surface area contributed by atoms with Crippen LogP contribution in [-0.2, 0) is 5.33 Å². The Bertz CT molecular complexity index is 388. The topological polar surface area (TPSA) is 3.24 Å². The van der Waals surface area contributed by atoms with E-state index in [9.17, 15) is 4.39 Å². The van der Waals surface area contributed by atoms with E-state index in [4.69, 9.17) is 0 Å². The lowest BCUT2D eigenvalue weighted by atomic mass is 10.1. The minimum Gasteiger partial charge on any atom is -0.368 e. The van der Waals surface area contributed by atoms with Gasteiger partial charge in [0.25, 0.3) is 0 Å². The van der Waals surface area contributed by atoms with Crippen LogP contribution < -0.4 is 4.90 Å². The molecule has 0 spiro atoms. The van der Waals surface area contributed by atoms with E-state index in [0.717, 1.165) is 17.8 Å². The first kappa shape index (κ1) is 12.9. The summed E-state index contributed by atoms with van der Waals surface area (Å²) in [7, 11) is 0. The van der Waals surface area contributed by atoms with Crippen LogP contribution in [0.25, 0.3) is 0 Å². The van der Waals surface area contributed by atoms with Crippen LogP contribution in [0.5, 0.6) is 0 Å². The zero-order chi connectivity index (χ0) is 12.4. The summed E-state index contributed by atoms with van der Waals surface area (Å²) in [4.78, 5) is 2.38. The van der Waals surface area contributed by atoms with Crippen molar-refractivity contribution < 1.29 is 4.39 Å². The van der Waals surface area contributed by atoms with Gasteiger partial charge in [-0.2, -0.15) is 0 Å². The molecule has 1 aliphatic rings. The Morgan fingerprint density at radius 2 is 2.12 bits per heavy atom. The molecule has 0 atom stereocenters. The van der Waals surface area contributed by atoms with Gasteiger partial charge in [-0.1, -0.05) is 35.8 Å². The van der Waals surface area contributed by atoms with Gasteiger partial charge < -0.3 is 4.90 Å². The fraction of sp³-hybridized carbons (Fsp3) is 0.571. The summed E-state index contributed by atoms with van der Waals surface area (Å²) in [5.41, 5.74) is 1.86. The Hall–Kier alpha value is -0.570. The zero-order valence-electron chi connectivity index (χ0n) is 10.4. The Morgan fingerprint density at radius 3 is 2.65 bits per heavy atom. The van der Waals surface area contributed by atoms with Crippen LogP contribution in [0, 0.1) is 11.7 Å². The summed E-state index contributed by atoms with van der Waals surface area (Å²) < 4.78 is 13.8. The summed E-state index contributed by atoms with van der Waals surface area (Å²) >= 11 is 3.40. The maximum Gasteiger partial charge on any atom is 0.129 e. The second-order valence-electron chi connectivity index (χ2n) is 5.15. The van der Waals surface area contributed by atoms with Gasteiger partial charge in [0.2, 0.25) is 0 Å². The van der Waals surface area contributed by atoms with Gasteiger partial charge in [0.15, 0.2) is 0 Å². The number of alkyl halides is 1. The number of halogens is 2. The van der Waals surface area contributed by atoms with Gasteiger partial charge in [-0.3, -0.25) is 0 Å². The molecule has 1 fully saturated rings. The van der Waals surface area contributed by atoms with E-state index in [1.807, 2.05) is 12.1 Å². The maximum absolute atomic E-state index is 13.8. The monoisotopic (exact) mass is 299 g/mol. The first-order chi connectivity index (χ1) is 8.13. The van der Waals surface area contributed by atoms with E-state index in [1.54, 1.807) is 6.07 Å². The van der Waals surface area contributed by atoms with Crippen LogP contribution in [-0.4, -0.2) is 12.6 Å². The van der Waals surface area contributed by atoms with Gasteiger partial charge in [-0.15, -0.1) is 0 Å². The van der Waals surface area contributed by atoms with Gasteiger partial charge in [0, 0.05) is 29.2 Å². The third kappa shape index (κ3) is 3.01. The second kappa shape index (κ2) is 5.38. The Balaban J connectivity index is 2.31. The highest BCUT2D eigenvalue weighted by molar-refractivity contribution is 9.08. The van der Waals surface area contributed by atoms with E-state index in [-0.39, 0.29) is 5.82 Å². The van der Waals surface area contributed by atoms with Crippen molar-refractivity contribution in [1.82, 2.24) is 0 Å². The highest BCUT2D eigenvalue weighted by Crippen LogP contribution is 2.35. The Morgan fingerprint density at radius 1 is 1.41 bits per heavy atom. The average molecular weight is 300 g/mol. The normalized spacial score (nSPS) is 15.4. The fourth-order valence-corrected chi connectivity index (χ4v) is 2.73. The van der Waals surface area contributed by atoms with Crippen LogP contribution in [0.4, 0.5) is 10.1 Å². The maximum atomic E-state index is 13.8. The lowest BCUT2D eigenvalue weighted by molar-refractivity contribution is 0.594. The molecule has 1 aromatic carbocycles. The Labute approximate surface area is 111 Å². The molecule has 0 saturated heterocycles. The van der Waals surface area contributed by atoms with Crippen LogP contribution >= 0.6 is 15.9 Å². The van der Waals surface area contributed by atoms with Crippen molar-refractivity contribution in [3.05, 3.63) is 29.6 Å². The number of benzene rings is 1. The predicted octanol–water partition coefficient (Wildman–Crippen LogP) is 4.35. The quantitative estimate of drug-likeness (QED) is 0.731. The second-order valence-corrected chi connectivity index (χ2v) is 5.71. The molecule has 0 bridgehead atoms. The van der Waals surface area contributed by atoms with Crippen LogP contribution in [0.1, 0.15) is 32.3 Å².